The summed E-state index contributed by atoms with van der Waals surface area (Å²) >= 11 is 17.7. The molecule has 19 heavy (non-hydrogen) atoms. The van der Waals surface area contributed by atoms with Crippen molar-refractivity contribution in [3.8, 4) is 0 Å². The highest BCUT2D eigenvalue weighted by Gasteiger charge is 2.62. The predicted octanol–water partition coefficient (Wildman–Crippen LogP) is 2.89. The predicted molar refractivity (Wildman–Crippen MR) is 74.6 cm³/mol. The van der Waals surface area contributed by atoms with Gasteiger partial charge in [0.05, 0.1) is 6.61 Å². The van der Waals surface area contributed by atoms with Gasteiger partial charge in [0, 0.05) is 13.2 Å². The average molecular weight is 331 g/mol. The summed E-state index contributed by atoms with van der Waals surface area (Å²) in [5.74, 6) is -0.335. The number of alkyl halides is 3. The van der Waals surface area contributed by atoms with E-state index in [9.17, 15) is 4.79 Å². The second kappa shape index (κ2) is 5.94. The lowest BCUT2D eigenvalue weighted by Crippen LogP contribution is -2.52. The van der Waals surface area contributed by atoms with Crippen molar-refractivity contribution in [1.29, 1.82) is 0 Å². The van der Waals surface area contributed by atoms with E-state index in [2.05, 4.69) is 6.92 Å². The first kappa shape index (κ1) is 15.6. The van der Waals surface area contributed by atoms with Gasteiger partial charge in [-0.05, 0) is 19.3 Å². The molecule has 0 aromatic carbocycles. The van der Waals surface area contributed by atoms with Gasteiger partial charge in [-0.25, -0.2) is 9.69 Å². The molecule has 2 aliphatic rings. The standard InChI is InChI=1S/C12H18Cl3NO3/c1-2-3-7-18-8-11-5-4-6-16(11)9(12(13,14)15)19-10(11)17/h9H,2-8H2,1H3/t9-,11+/m0/s1. The molecule has 2 rings (SSSR count). The van der Waals surface area contributed by atoms with Gasteiger partial charge in [-0.15, -0.1) is 0 Å². The maximum absolute atomic E-state index is 12.2. The number of esters is 1. The second-order valence-corrected chi connectivity index (χ2v) is 7.40. The highest BCUT2D eigenvalue weighted by Crippen LogP contribution is 2.46. The minimum Gasteiger partial charge on any atom is -0.440 e. The Hall–Kier alpha value is 0.260. The molecule has 2 saturated heterocycles. The van der Waals surface area contributed by atoms with Crippen LogP contribution in [0.3, 0.4) is 0 Å². The third kappa shape index (κ3) is 2.98. The summed E-state index contributed by atoms with van der Waals surface area (Å²) < 4.78 is 9.25. The lowest BCUT2D eigenvalue weighted by molar-refractivity contribution is -0.147. The van der Waals surface area contributed by atoms with Crippen LogP contribution in [-0.4, -0.2) is 46.2 Å². The first-order valence-corrected chi connectivity index (χ1v) is 7.67. The largest absolute Gasteiger partial charge is 0.440 e. The molecule has 0 aliphatic carbocycles. The summed E-state index contributed by atoms with van der Waals surface area (Å²) in [4.78, 5) is 14.0. The van der Waals surface area contributed by atoms with Crippen LogP contribution in [0, 0.1) is 0 Å². The van der Waals surface area contributed by atoms with Crippen LogP contribution in [0.2, 0.25) is 0 Å². The lowest BCUT2D eigenvalue weighted by Gasteiger charge is -2.31. The second-order valence-electron chi connectivity index (χ2n) is 5.03. The Kier molecular flexibility index (Phi) is 4.89. The first-order chi connectivity index (χ1) is 8.92. The van der Waals surface area contributed by atoms with Gasteiger partial charge < -0.3 is 9.47 Å². The highest BCUT2D eigenvalue weighted by atomic mass is 35.6. The number of carbonyl (C=O) groups is 1. The lowest BCUT2D eigenvalue weighted by atomic mass is 9.98. The number of rotatable bonds is 5. The maximum Gasteiger partial charge on any atom is 0.330 e. The Labute approximate surface area is 128 Å². The number of nitrogens with zero attached hydrogens (tertiary/aromatic N) is 1. The van der Waals surface area contributed by atoms with Crippen molar-refractivity contribution in [3.63, 3.8) is 0 Å². The average Bonchev–Trinajstić information content (AvgIpc) is 2.84. The Morgan fingerprint density at radius 3 is 2.89 bits per heavy atom. The minimum absolute atomic E-state index is 0.309. The van der Waals surface area contributed by atoms with Crippen molar-refractivity contribution >= 4 is 40.8 Å². The first-order valence-electron chi connectivity index (χ1n) is 6.54. The van der Waals surface area contributed by atoms with Gasteiger partial charge in [0.25, 0.3) is 0 Å². The molecule has 2 atom stereocenters. The van der Waals surface area contributed by atoms with Crippen LogP contribution in [0.15, 0.2) is 0 Å². The molecule has 0 N–H and O–H groups in total. The number of hydrogen-bond donors (Lipinski definition) is 0. The number of carbonyl (C=O) groups excluding carboxylic acids is 1. The quantitative estimate of drug-likeness (QED) is 0.441. The Morgan fingerprint density at radius 2 is 2.26 bits per heavy atom. The molecular weight excluding hydrogens is 312 g/mol. The van der Waals surface area contributed by atoms with E-state index in [4.69, 9.17) is 44.3 Å². The number of cyclic esters (lactones) is 1. The molecule has 2 heterocycles. The van der Waals surface area contributed by atoms with Crippen LogP contribution in [0.5, 0.6) is 0 Å². The Bertz CT molecular complexity index is 348. The van der Waals surface area contributed by atoms with Crippen LogP contribution in [0.1, 0.15) is 32.6 Å². The summed E-state index contributed by atoms with van der Waals surface area (Å²) in [5, 5.41) is 0. The molecule has 0 aromatic rings. The van der Waals surface area contributed by atoms with Crippen molar-refractivity contribution in [2.45, 2.75) is 48.2 Å². The van der Waals surface area contributed by atoms with Crippen LogP contribution in [0.4, 0.5) is 0 Å². The molecular formula is C12H18Cl3NO3. The van der Waals surface area contributed by atoms with Crippen molar-refractivity contribution in [3.05, 3.63) is 0 Å². The van der Waals surface area contributed by atoms with Crippen LogP contribution in [0.25, 0.3) is 0 Å². The molecule has 110 valence electrons. The maximum atomic E-state index is 12.2. The highest BCUT2D eigenvalue weighted by molar-refractivity contribution is 6.68. The fourth-order valence-corrected chi connectivity index (χ4v) is 3.17. The molecule has 7 heteroatoms. The van der Waals surface area contributed by atoms with Gasteiger partial charge in [-0.1, -0.05) is 48.1 Å². The van der Waals surface area contributed by atoms with E-state index in [1.807, 2.05) is 4.90 Å². The number of unbranched alkanes of at least 4 members (excludes halogenated alkanes) is 1. The summed E-state index contributed by atoms with van der Waals surface area (Å²) in [5.41, 5.74) is -0.762. The number of hydrogen-bond acceptors (Lipinski definition) is 4. The molecule has 2 aliphatic heterocycles. The third-order valence-electron chi connectivity index (χ3n) is 3.68. The summed E-state index contributed by atoms with van der Waals surface area (Å²) in [6.07, 6.45) is 2.78. The zero-order valence-corrected chi connectivity index (χ0v) is 13.1. The SMILES string of the molecule is CCCCOC[C@@]12CCCN1[C@H](C(Cl)(Cl)Cl)OC2=O. The summed E-state index contributed by atoms with van der Waals surface area (Å²) in [7, 11) is 0. The van der Waals surface area contributed by atoms with Crippen molar-refractivity contribution in [2.24, 2.45) is 0 Å². The molecule has 0 unspecified atom stereocenters. The van der Waals surface area contributed by atoms with Crippen LogP contribution in [-0.2, 0) is 14.3 Å². The zero-order chi connectivity index (χ0) is 14.1. The number of fused-ring (bicyclic) bond motifs is 1. The van der Waals surface area contributed by atoms with E-state index in [1.165, 1.54) is 0 Å². The monoisotopic (exact) mass is 329 g/mol. The Morgan fingerprint density at radius 1 is 1.53 bits per heavy atom. The van der Waals surface area contributed by atoms with Crippen molar-refractivity contribution in [2.75, 3.05) is 19.8 Å². The third-order valence-corrected chi connectivity index (χ3v) is 4.24. The van der Waals surface area contributed by atoms with Crippen molar-refractivity contribution < 1.29 is 14.3 Å². The number of ether oxygens (including phenoxy) is 2. The molecule has 0 aromatic heterocycles. The summed E-state index contributed by atoms with van der Waals surface area (Å²) in [6.45, 7) is 3.72. The molecule has 2 fully saturated rings. The van der Waals surface area contributed by atoms with E-state index in [-0.39, 0.29) is 5.97 Å². The molecule has 0 spiro atoms. The molecule has 0 saturated carbocycles. The van der Waals surface area contributed by atoms with Gasteiger partial charge in [-0.2, -0.15) is 0 Å². The van der Waals surface area contributed by atoms with E-state index >= 15 is 0 Å². The molecule has 4 nitrogen and oxygen atoms in total. The topological polar surface area (TPSA) is 38.8 Å². The van der Waals surface area contributed by atoms with Gasteiger partial charge in [0.1, 0.15) is 5.54 Å². The molecule has 0 amide bonds. The molecule has 0 bridgehead atoms. The van der Waals surface area contributed by atoms with E-state index in [0.717, 1.165) is 19.3 Å². The van der Waals surface area contributed by atoms with E-state index in [0.29, 0.717) is 26.2 Å². The van der Waals surface area contributed by atoms with Gasteiger partial charge in [-0.3, -0.25) is 0 Å². The van der Waals surface area contributed by atoms with Crippen LogP contribution >= 0.6 is 34.8 Å². The van der Waals surface area contributed by atoms with Crippen LogP contribution < -0.4 is 0 Å². The smallest absolute Gasteiger partial charge is 0.330 e. The fraction of sp³-hybridized carbons (Fsp3) is 0.917. The molecule has 0 radical (unpaired) electrons. The minimum atomic E-state index is -1.63. The number of halogens is 3. The zero-order valence-electron chi connectivity index (χ0n) is 10.8. The normalized spacial score (nSPS) is 31.6. The van der Waals surface area contributed by atoms with Gasteiger partial charge in [0.15, 0.2) is 0 Å². The van der Waals surface area contributed by atoms with E-state index in [1.54, 1.807) is 0 Å². The van der Waals surface area contributed by atoms with Gasteiger partial charge >= 0.3 is 5.97 Å². The summed E-state index contributed by atoms with van der Waals surface area (Å²) in [6, 6.07) is 0. The Balaban J connectivity index is 2.07. The van der Waals surface area contributed by atoms with Gasteiger partial charge in [0.2, 0.25) is 10.0 Å². The fourth-order valence-electron chi connectivity index (χ4n) is 2.68. The van der Waals surface area contributed by atoms with E-state index < -0.39 is 15.6 Å². The van der Waals surface area contributed by atoms with Crippen molar-refractivity contribution in [1.82, 2.24) is 4.90 Å².